The maximum absolute atomic E-state index is 11.6. The molecule has 2 aliphatic heterocycles. The fraction of sp³-hybridized carbons (Fsp3) is 0.923. The van der Waals surface area contributed by atoms with Gasteiger partial charge in [-0.15, -0.1) is 12.4 Å². The molecule has 0 saturated carbocycles. The molecule has 0 aromatic rings. The van der Waals surface area contributed by atoms with Crippen molar-refractivity contribution in [2.45, 2.75) is 57.1 Å². The number of nitrogens with one attached hydrogen (secondary N) is 2. The van der Waals surface area contributed by atoms with Crippen LogP contribution in [0, 0.1) is 0 Å². The molecular weight excluding hydrogens is 252 g/mol. The fourth-order valence-electron chi connectivity index (χ4n) is 2.64. The van der Waals surface area contributed by atoms with Gasteiger partial charge in [0, 0.05) is 25.6 Å². The average Bonchev–Trinajstić information content (AvgIpc) is 2.99. The van der Waals surface area contributed by atoms with E-state index in [-0.39, 0.29) is 18.3 Å². The zero-order chi connectivity index (χ0) is 11.9. The van der Waals surface area contributed by atoms with Crippen molar-refractivity contribution in [1.82, 2.24) is 10.6 Å². The maximum atomic E-state index is 11.6. The minimum atomic E-state index is 0. The van der Waals surface area contributed by atoms with E-state index in [1.165, 1.54) is 12.8 Å². The molecule has 2 fully saturated rings. The van der Waals surface area contributed by atoms with Crippen molar-refractivity contribution in [1.29, 1.82) is 0 Å². The SMILES string of the molecule is Cl.O=C(CCC1CCCO1)NCC[C@H]1CCCN1. The van der Waals surface area contributed by atoms with Gasteiger partial charge in [-0.25, -0.2) is 0 Å². The highest BCUT2D eigenvalue weighted by atomic mass is 35.5. The lowest BCUT2D eigenvalue weighted by Gasteiger charge is -2.12. The van der Waals surface area contributed by atoms with Crippen LogP contribution < -0.4 is 10.6 Å². The van der Waals surface area contributed by atoms with Gasteiger partial charge in [-0.1, -0.05) is 0 Å². The number of rotatable bonds is 6. The summed E-state index contributed by atoms with van der Waals surface area (Å²) in [6.07, 6.45) is 7.70. The Hall–Kier alpha value is -0.320. The number of amides is 1. The van der Waals surface area contributed by atoms with Crippen molar-refractivity contribution >= 4 is 18.3 Å². The molecule has 2 aliphatic rings. The van der Waals surface area contributed by atoms with Crippen LogP contribution in [-0.4, -0.2) is 37.7 Å². The number of hydrogen-bond donors (Lipinski definition) is 2. The molecule has 2 heterocycles. The van der Waals surface area contributed by atoms with Crippen LogP contribution in [0.5, 0.6) is 0 Å². The molecule has 2 saturated heterocycles. The van der Waals surface area contributed by atoms with Crippen molar-refractivity contribution in [3.63, 3.8) is 0 Å². The Labute approximate surface area is 116 Å². The molecule has 5 heteroatoms. The minimum absolute atomic E-state index is 0. The first kappa shape index (κ1) is 15.7. The first-order valence-corrected chi connectivity index (χ1v) is 6.96. The van der Waals surface area contributed by atoms with E-state index in [2.05, 4.69) is 10.6 Å². The molecule has 0 radical (unpaired) electrons. The number of carbonyl (C=O) groups is 1. The van der Waals surface area contributed by atoms with Crippen molar-refractivity contribution in [3.05, 3.63) is 0 Å². The summed E-state index contributed by atoms with van der Waals surface area (Å²) in [4.78, 5) is 11.6. The molecule has 4 nitrogen and oxygen atoms in total. The molecule has 0 spiro atoms. The van der Waals surface area contributed by atoms with Gasteiger partial charge in [-0.2, -0.15) is 0 Å². The molecular formula is C13H25ClN2O2. The van der Waals surface area contributed by atoms with E-state index < -0.39 is 0 Å². The normalized spacial score (nSPS) is 26.9. The summed E-state index contributed by atoms with van der Waals surface area (Å²) >= 11 is 0. The Morgan fingerprint density at radius 3 is 2.83 bits per heavy atom. The first-order valence-electron chi connectivity index (χ1n) is 6.96. The lowest BCUT2D eigenvalue weighted by Crippen LogP contribution is -2.30. The van der Waals surface area contributed by atoms with E-state index in [0.29, 0.717) is 18.6 Å². The second-order valence-corrected chi connectivity index (χ2v) is 5.11. The van der Waals surface area contributed by atoms with Gasteiger partial charge in [0.15, 0.2) is 0 Å². The smallest absolute Gasteiger partial charge is 0.220 e. The van der Waals surface area contributed by atoms with Gasteiger partial charge >= 0.3 is 0 Å². The summed E-state index contributed by atoms with van der Waals surface area (Å²) in [5, 5.41) is 6.43. The zero-order valence-corrected chi connectivity index (χ0v) is 11.8. The van der Waals surface area contributed by atoms with Gasteiger partial charge in [-0.3, -0.25) is 4.79 Å². The Morgan fingerprint density at radius 1 is 1.28 bits per heavy atom. The second-order valence-electron chi connectivity index (χ2n) is 5.11. The summed E-state index contributed by atoms with van der Waals surface area (Å²) in [7, 11) is 0. The number of halogens is 1. The van der Waals surface area contributed by atoms with E-state index in [4.69, 9.17) is 4.74 Å². The van der Waals surface area contributed by atoms with E-state index in [9.17, 15) is 4.79 Å². The van der Waals surface area contributed by atoms with Crippen LogP contribution in [0.1, 0.15) is 44.9 Å². The third-order valence-electron chi connectivity index (χ3n) is 3.69. The second kappa shape index (κ2) is 8.73. The van der Waals surface area contributed by atoms with Gasteiger partial charge < -0.3 is 15.4 Å². The maximum Gasteiger partial charge on any atom is 0.220 e. The van der Waals surface area contributed by atoms with Crippen LogP contribution in [-0.2, 0) is 9.53 Å². The molecule has 0 bridgehead atoms. The monoisotopic (exact) mass is 276 g/mol. The van der Waals surface area contributed by atoms with Crippen LogP contribution >= 0.6 is 12.4 Å². The Balaban J connectivity index is 0.00000162. The molecule has 18 heavy (non-hydrogen) atoms. The lowest BCUT2D eigenvalue weighted by molar-refractivity contribution is -0.121. The third-order valence-corrected chi connectivity index (χ3v) is 3.69. The molecule has 1 amide bonds. The predicted molar refractivity (Wildman–Crippen MR) is 74.1 cm³/mol. The summed E-state index contributed by atoms with van der Waals surface area (Å²) in [6, 6.07) is 0.619. The largest absolute Gasteiger partial charge is 0.378 e. The van der Waals surface area contributed by atoms with E-state index in [0.717, 1.165) is 45.4 Å². The average molecular weight is 277 g/mol. The van der Waals surface area contributed by atoms with Gasteiger partial charge in [0.2, 0.25) is 5.91 Å². The molecule has 2 rings (SSSR count). The molecule has 0 aromatic heterocycles. The van der Waals surface area contributed by atoms with Crippen LogP contribution in [0.4, 0.5) is 0 Å². The highest BCUT2D eigenvalue weighted by Crippen LogP contribution is 2.16. The van der Waals surface area contributed by atoms with Crippen molar-refractivity contribution in [3.8, 4) is 0 Å². The van der Waals surface area contributed by atoms with E-state index in [1.807, 2.05) is 0 Å². The molecule has 2 N–H and O–H groups in total. The molecule has 0 aliphatic carbocycles. The highest BCUT2D eigenvalue weighted by Gasteiger charge is 2.17. The van der Waals surface area contributed by atoms with Gasteiger partial charge in [-0.05, 0) is 45.1 Å². The first-order chi connectivity index (χ1) is 8.34. The summed E-state index contributed by atoms with van der Waals surface area (Å²) in [6.45, 7) is 2.82. The van der Waals surface area contributed by atoms with E-state index >= 15 is 0 Å². The Kier molecular flexibility index (Phi) is 7.63. The molecule has 106 valence electrons. The molecule has 1 unspecified atom stereocenters. The Bertz CT molecular complexity index is 239. The quantitative estimate of drug-likeness (QED) is 0.775. The number of hydrogen-bond acceptors (Lipinski definition) is 3. The lowest BCUT2D eigenvalue weighted by atomic mass is 10.1. The van der Waals surface area contributed by atoms with Gasteiger partial charge in [0.05, 0.1) is 6.10 Å². The highest BCUT2D eigenvalue weighted by molar-refractivity contribution is 5.85. The van der Waals surface area contributed by atoms with Crippen molar-refractivity contribution in [2.24, 2.45) is 0 Å². The molecule has 0 aromatic carbocycles. The topological polar surface area (TPSA) is 50.4 Å². The van der Waals surface area contributed by atoms with Crippen LogP contribution in [0.15, 0.2) is 0 Å². The van der Waals surface area contributed by atoms with Crippen molar-refractivity contribution in [2.75, 3.05) is 19.7 Å². The zero-order valence-electron chi connectivity index (χ0n) is 11.0. The Morgan fingerprint density at radius 2 is 2.17 bits per heavy atom. The van der Waals surface area contributed by atoms with Crippen molar-refractivity contribution < 1.29 is 9.53 Å². The predicted octanol–water partition coefficient (Wildman–Crippen LogP) is 1.63. The summed E-state index contributed by atoms with van der Waals surface area (Å²) in [5.41, 5.74) is 0. The minimum Gasteiger partial charge on any atom is -0.378 e. The van der Waals surface area contributed by atoms with E-state index in [1.54, 1.807) is 0 Å². The fourth-order valence-corrected chi connectivity index (χ4v) is 2.64. The molecule has 2 atom stereocenters. The standard InChI is InChI=1S/C13H24N2O2.ClH/c16-13(6-5-12-4-2-10-17-12)15-9-7-11-3-1-8-14-11;/h11-12,14H,1-10H2,(H,15,16);1H/t11-,12?;/m1./s1. The van der Waals surface area contributed by atoms with Crippen LogP contribution in [0.25, 0.3) is 0 Å². The number of carbonyl (C=O) groups excluding carboxylic acids is 1. The van der Waals surface area contributed by atoms with Crippen LogP contribution in [0.2, 0.25) is 0 Å². The summed E-state index contributed by atoms with van der Waals surface area (Å²) in [5.74, 6) is 0.179. The van der Waals surface area contributed by atoms with Gasteiger partial charge in [0.1, 0.15) is 0 Å². The van der Waals surface area contributed by atoms with Crippen LogP contribution in [0.3, 0.4) is 0 Å². The third kappa shape index (κ3) is 5.55. The van der Waals surface area contributed by atoms with Gasteiger partial charge in [0.25, 0.3) is 0 Å². The summed E-state index contributed by atoms with van der Waals surface area (Å²) < 4.78 is 5.50. The number of ether oxygens (including phenoxy) is 1.